The van der Waals surface area contributed by atoms with E-state index in [0.29, 0.717) is 19.4 Å². The van der Waals surface area contributed by atoms with Crippen LogP contribution in [-0.4, -0.2) is 57.6 Å². The Bertz CT molecular complexity index is 597. The van der Waals surface area contributed by atoms with E-state index < -0.39 is 0 Å². The van der Waals surface area contributed by atoms with Crippen LogP contribution in [0.3, 0.4) is 0 Å². The van der Waals surface area contributed by atoms with Crippen LogP contribution in [0.15, 0.2) is 12.3 Å². The minimum atomic E-state index is -0.294. The van der Waals surface area contributed by atoms with Crippen LogP contribution in [0.4, 0.5) is 0 Å². The Labute approximate surface area is 137 Å². The predicted octanol–water partition coefficient (Wildman–Crippen LogP) is 1.21. The van der Waals surface area contributed by atoms with Crippen molar-refractivity contribution in [1.29, 1.82) is 0 Å². The molecule has 1 unspecified atom stereocenters. The van der Waals surface area contributed by atoms with E-state index in [1.807, 2.05) is 27.6 Å². The maximum Gasteiger partial charge on any atom is 0.230 e. The van der Waals surface area contributed by atoms with Gasteiger partial charge in [-0.2, -0.15) is 5.10 Å². The highest BCUT2D eigenvalue weighted by Gasteiger charge is 2.51. The van der Waals surface area contributed by atoms with Gasteiger partial charge in [-0.25, -0.2) is 0 Å². The van der Waals surface area contributed by atoms with Crippen molar-refractivity contribution in [2.45, 2.75) is 39.0 Å². The third-order valence-electron chi connectivity index (χ3n) is 5.32. The summed E-state index contributed by atoms with van der Waals surface area (Å²) in [5, 5.41) is 4.13. The molecule has 3 heterocycles. The number of hydrogen-bond donors (Lipinski definition) is 0. The molecule has 23 heavy (non-hydrogen) atoms. The van der Waals surface area contributed by atoms with Gasteiger partial charge in [0.15, 0.2) is 0 Å². The Balaban J connectivity index is 1.56. The van der Waals surface area contributed by atoms with Gasteiger partial charge in [0.2, 0.25) is 11.8 Å². The van der Waals surface area contributed by atoms with Gasteiger partial charge in [0.25, 0.3) is 0 Å². The molecule has 1 aromatic heterocycles. The summed E-state index contributed by atoms with van der Waals surface area (Å²) in [6.45, 7) is 5.12. The molecular weight excluding hydrogens is 292 g/mol. The monoisotopic (exact) mass is 318 g/mol. The van der Waals surface area contributed by atoms with Gasteiger partial charge in [0.05, 0.1) is 5.41 Å². The van der Waals surface area contributed by atoms with Crippen molar-refractivity contribution in [3.8, 4) is 0 Å². The minimum Gasteiger partial charge on any atom is -0.342 e. The first kappa shape index (κ1) is 16.0. The summed E-state index contributed by atoms with van der Waals surface area (Å²) in [5.41, 5.74) is 0.774. The van der Waals surface area contributed by atoms with Crippen LogP contribution in [0.2, 0.25) is 0 Å². The van der Waals surface area contributed by atoms with E-state index in [2.05, 4.69) is 12.0 Å². The van der Waals surface area contributed by atoms with Crippen molar-refractivity contribution in [3.05, 3.63) is 18.0 Å². The van der Waals surface area contributed by atoms with Crippen molar-refractivity contribution >= 4 is 11.8 Å². The zero-order chi connectivity index (χ0) is 16.4. The SMILES string of the molecule is CCCN1CCC2(CCN(C(=O)CCc3ccnn3C)C2)C1=O. The first-order valence-corrected chi connectivity index (χ1v) is 8.60. The van der Waals surface area contributed by atoms with Gasteiger partial charge in [0, 0.05) is 51.5 Å². The van der Waals surface area contributed by atoms with Gasteiger partial charge in [-0.05, 0) is 31.7 Å². The van der Waals surface area contributed by atoms with Gasteiger partial charge in [-0.1, -0.05) is 6.92 Å². The summed E-state index contributed by atoms with van der Waals surface area (Å²) in [4.78, 5) is 29.0. The maximum absolute atomic E-state index is 12.7. The normalized spacial score (nSPS) is 24.2. The second kappa shape index (κ2) is 6.34. The third kappa shape index (κ3) is 2.99. The van der Waals surface area contributed by atoms with Crippen molar-refractivity contribution < 1.29 is 9.59 Å². The van der Waals surface area contributed by atoms with Gasteiger partial charge >= 0.3 is 0 Å². The Kier molecular flexibility index (Phi) is 4.41. The van der Waals surface area contributed by atoms with Crippen molar-refractivity contribution in [3.63, 3.8) is 0 Å². The molecule has 126 valence electrons. The van der Waals surface area contributed by atoms with Crippen LogP contribution >= 0.6 is 0 Å². The first-order valence-electron chi connectivity index (χ1n) is 8.60. The number of rotatable bonds is 5. The molecule has 0 saturated carbocycles. The molecule has 3 rings (SSSR count). The summed E-state index contributed by atoms with van der Waals surface area (Å²) >= 11 is 0. The lowest BCUT2D eigenvalue weighted by Crippen LogP contribution is -2.38. The Morgan fingerprint density at radius 1 is 1.35 bits per heavy atom. The molecule has 1 atom stereocenters. The average Bonchev–Trinajstić information content (AvgIpc) is 3.22. The van der Waals surface area contributed by atoms with Gasteiger partial charge < -0.3 is 9.80 Å². The van der Waals surface area contributed by atoms with E-state index in [0.717, 1.165) is 44.6 Å². The fourth-order valence-electron chi connectivity index (χ4n) is 3.88. The number of carbonyl (C=O) groups is 2. The first-order chi connectivity index (χ1) is 11.1. The van der Waals surface area contributed by atoms with Crippen LogP contribution in [0.1, 0.15) is 38.3 Å². The summed E-state index contributed by atoms with van der Waals surface area (Å²) < 4.78 is 1.81. The molecule has 6 nitrogen and oxygen atoms in total. The van der Waals surface area contributed by atoms with Gasteiger partial charge in [0.1, 0.15) is 0 Å². The molecule has 2 aliphatic heterocycles. The van der Waals surface area contributed by atoms with Crippen LogP contribution in [0.25, 0.3) is 0 Å². The van der Waals surface area contributed by atoms with Crippen molar-refractivity contribution in [1.82, 2.24) is 19.6 Å². The Hall–Kier alpha value is -1.85. The lowest BCUT2D eigenvalue weighted by molar-refractivity contribution is -0.136. The number of hydrogen-bond acceptors (Lipinski definition) is 3. The molecule has 0 aromatic carbocycles. The van der Waals surface area contributed by atoms with E-state index in [1.54, 1.807) is 6.20 Å². The van der Waals surface area contributed by atoms with Crippen molar-refractivity contribution in [2.75, 3.05) is 26.2 Å². The number of carbonyl (C=O) groups excluding carboxylic acids is 2. The van der Waals surface area contributed by atoms with Gasteiger partial charge in [-0.15, -0.1) is 0 Å². The second-order valence-corrected chi connectivity index (χ2v) is 6.83. The molecule has 2 amide bonds. The largest absolute Gasteiger partial charge is 0.342 e. The van der Waals surface area contributed by atoms with Crippen molar-refractivity contribution in [2.24, 2.45) is 12.5 Å². The van der Waals surface area contributed by atoms with Crippen LogP contribution < -0.4 is 0 Å². The molecule has 2 aliphatic rings. The topological polar surface area (TPSA) is 58.4 Å². The molecule has 2 saturated heterocycles. The molecule has 0 radical (unpaired) electrons. The van der Waals surface area contributed by atoms with E-state index in [1.165, 1.54) is 0 Å². The molecule has 1 spiro atoms. The zero-order valence-electron chi connectivity index (χ0n) is 14.1. The quantitative estimate of drug-likeness (QED) is 0.820. The highest BCUT2D eigenvalue weighted by atomic mass is 16.2. The third-order valence-corrected chi connectivity index (χ3v) is 5.32. The molecule has 0 aliphatic carbocycles. The summed E-state index contributed by atoms with van der Waals surface area (Å²) in [5.74, 6) is 0.422. The summed E-state index contributed by atoms with van der Waals surface area (Å²) in [6, 6.07) is 1.95. The van der Waals surface area contributed by atoms with Crippen LogP contribution in [0.5, 0.6) is 0 Å². The minimum absolute atomic E-state index is 0.157. The average molecular weight is 318 g/mol. The van der Waals surface area contributed by atoms with E-state index in [9.17, 15) is 9.59 Å². The lowest BCUT2D eigenvalue weighted by atomic mass is 9.85. The number of aromatic nitrogens is 2. The predicted molar refractivity (Wildman–Crippen MR) is 86.6 cm³/mol. The number of amides is 2. The Morgan fingerprint density at radius 3 is 2.83 bits per heavy atom. The number of aryl methyl sites for hydroxylation is 2. The zero-order valence-corrected chi connectivity index (χ0v) is 14.1. The lowest BCUT2D eigenvalue weighted by Gasteiger charge is -2.23. The maximum atomic E-state index is 12.7. The fraction of sp³-hybridized carbons (Fsp3) is 0.706. The summed E-state index contributed by atoms with van der Waals surface area (Å²) in [6.07, 6.45) is 5.66. The van der Waals surface area contributed by atoms with Gasteiger partial charge in [-0.3, -0.25) is 14.3 Å². The number of nitrogens with zero attached hydrogens (tertiary/aromatic N) is 4. The molecule has 2 fully saturated rings. The van der Waals surface area contributed by atoms with E-state index >= 15 is 0 Å². The second-order valence-electron chi connectivity index (χ2n) is 6.83. The molecule has 1 aromatic rings. The Morgan fingerprint density at radius 2 is 2.13 bits per heavy atom. The standard InChI is InChI=1S/C17H26N4O2/c1-3-10-20-11-7-17(16(20)23)8-12-21(13-17)15(22)5-4-14-6-9-18-19(14)2/h6,9H,3-5,7-8,10-13H2,1-2H3. The van der Waals surface area contributed by atoms with E-state index in [-0.39, 0.29) is 17.2 Å². The number of likely N-dealkylation sites (tertiary alicyclic amines) is 2. The molecule has 0 bridgehead atoms. The highest BCUT2D eigenvalue weighted by Crippen LogP contribution is 2.40. The molecule has 6 heteroatoms. The molecular formula is C17H26N4O2. The smallest absolute Gasteiger partial charge is 0.230 e. The highest BCUT2D eigenvalue weighted by molar-refractivity contribution is 5.87. The molecule has 0 N–H and O–H groups in total. The van der Waals surface area contributed by atoms with Crippen LogP contribution in [-0.2, 0) is 23.1 Å². The van der Waals surface area contributed by atoms with E-state index in [4.69, 9.17) is 0 Å². The fourth-order valence-corrected chi connectivity index (χ4v) is 3.88. The summed E-state index contributed by atoms with van der Waals surface area (Å²) in [7, 11) is 1.89. The van der Waals surface area contributed by atoms with Crippen LogP contribution in [0, 0.1) is 5.41 Å².